The molecular formula is C18H29NO2. The average molecular weight is 291 g/mol. The molecular weight excluding hydrogens is 262 g/mol. The van der Waals surface area contributed by atoms with E-state index in [4.69, 9.17) is 9.47 Å². The number of methoxy groups -OCH3 is 1. The first-order valence-electron chi connectivity index (χ1n) is 8.14. The van der Waals surface area contributed by atoms with Crippen molar-refractivity contribution in [3.8, 4) is 5.75 Å². The van der Waals surface area contributed by atoms with Gasteiger partial charge in [0.2, 0.25) is 0 Å². The number of aryl methyl sites for hydroxylation is 1. The van der Waals surface area contributed by atoms with Crippen molar-refractivity contribution in [3.05, 3.63) is 28.8 Å². The Morgan fingerprint density at radius 1 is 1.29 bits per heavy atom. The molecule has 118 valence electrons. The Bertz CT molecular complexity index is 453. The van der Waals surface area contributed by atoms with Crippen LogP contribution < -0.4 is 10.1 Å². The van der Waals surface area contributed by atoms with Crippen LogP contribution in [0.1, 0.15) is 48.9 Å². The third-order valence-corrected chi connectivity index (χ3v) is 4.60. The highest BCUT2D eigenvalue weighted by Gasteiger charge is 2.27. The van der Waals surface area contributed by atoms with Crippen molar-refractivity contribution in [2.45, 2.75) is 46.1 Å². The maximum atomic E-state index is 5.74. The van der Waals surface area contributed by atoms with Crippen LogP contribution in [-0.4, -0.2) is 26.9 Å². The molecule has 0 bridgehead atoms. The molecule has 1 N–H and O–H groups in total. The maximum absolute atomic E-state index is 5.74. The lowest BCUT2D eigenvalue weighted by molar-refractivity contribution is 0.0533. The summed E-state index contributed by atoms with van der Waals surface area (Å²) in [6, 6.07) is 4.82. The molecule has 1 aliphatic heterocycles. The van der Waals surface area contributed by atoms with Crippen molar-refractivity contribution in [2.75, 3.05) is 26.9 Å². The lowest BCUT2D eigenvalue weighted by Crippen LogP contribution is -2.33. The van der Waals surface area contributed by atoms with Gasteiger partial charge in [-0.1, -0.05) is 19.1 Å². The standard InChI is InChI=1S/C18H29NO2/c1-5-10-19-17(15-8-11-21-12-9-15)16-7-6-13(2)14(3)18(16)20-4/h6-7,15,17,19H,5,8-12H2,1-4H3. The van der Waals surface area contributed by atoms with E-state index < -0.39 is 0 Å². The van der Waals surface area contributed by atoms with Gasteiger partial charge in [0, 0.05) is 24.8 Å². The SMILES string of the molecule is CCCNC(c1ccc(C)c(C)c1OC)C1CCOCC1. The van der Waals surface area contributed by atoms with Gasteiger partial charge in [0.05, 0.1) is 7.11 Å². The van der Waals surface area contributed by atoms with Crippen LogP contribution >= 0.6 is 0 Å². The van der Waals surface area contributed by atoms with Gasteiger partial charge in [-0.2, -0.15) is 0 Å². The minimum atomic E-state index is 0.364. The molecule has 0 saturated carbocycles. The van der Waals surface area contributed by atoms with Gasteiger partial charge in [0.1, 0.15) is 5.75 Å². The number of rotatable bonds is 6. The largest absolute Gasteiger partial charge is 0.496 e. The highest BCUT2D eigenvalue weighted by atomic mass is 16.5. The van der Waals surface area contributed by atoms with Gasteiger partial charge >= 0.3 is 0 Å². The monoisotopic (exact) mass is 291 g/mol. The molecule has 1 saturated heterocycles. The third kappa shape index (κ3) is 3.78. The molecule has 0 aliphatic carbocycles. The summed E-state index contributed by atoms with van der Waals surface area (Å²) in [5, 5.41) is 3.74. The predicted molar refractivity (Wildman–Crippen MR) is 87.0 cm³/mol. The van der Waals surface area contributed by atoms with Crippen molar-refractivity contribution in [1.29, 1.82) is 0 Å². The number of benzene rings is 1. The molecule has 1 aromatic rings. The molecule has 1 unspecified atom stereocenters. The fourth-order valence-electron chi connectivity index (χ4n) is 3.21. The van der Waals surface area contributed by atoms with Crippen LogP contribution in [0.3, 0.4) is 0 Å². The van der Waals surface area contributed by atoms with E-state index in [0.29, 0.717) is 12.0 Å². The van der Waals surface area contributed by atoms with E-state index in [2.05, 4.69) is 38.2 Å². The zero-order valence-corrected chi connectivity index (χ0v) is 13.9. The average Bonchev–Trinajstić information content (AvgIpc) is 2.52. The van der Waals surface area contributed by atoms with Crippen LogP contribution in [-0.2, 0) is 4.74 Å². The van der Waals surface area contributed by atoms with E-state index in [-0.39, 0.29) is 0 Å². The van der Waals surface area contributed by atoms with Crippen molar-refractivity contribution < 1.29 is 9.47 Å². The lowest BCUT2D eigenvalue weighted by Gasteiger charge is -2.33. The fraction of sp³-hybridized carbons (Fsp3) is 0.667. The molecule has 1 atom stereocenters. The summed E-state index contributed by atoms with van der Waals surface area (Å²) in [7, 11) is 1.78. The Kier molecular flexibility index (Phi) is 6.07. The van der Waals surface area contributed by atoms with Crippen molar-refractivity contribution in [3.63, 3.8) is 0 Å². The maximum Gasteiger partial charge on any atom is 0.126 e. The van der Waals surface area contributed by atoms with Crippen LogP contribution in [0.4, 0.5) is 0 Å². The van der Waals surface area contributed by atoms with Gasteiger partial charge in [0.15, 0.2) is 0 Å². The van der Waals surface area contributed by atoms with Gasteiger partial charge in [0.25, 0.3) is 0 Å². The van der Waals surface area contributed by atoms with Crippen molar-refractivity contribution >= 4 is 0 Å². The first-order chi connectivity index (χ1) is 10.2. The second kappa shape index (κ2) is 7.81. The van der Waals surface area contributed by atoms with Crippen LogP contribution in [0, 0.1) is 19.8 Å². The van der Waals surface area contributed by atoms with E-state index in [1.165, 1.54) is 16.7 Å². The predicted octanol–water partition coefficient (Wildman–Crippen LogP) is 3.78. The van der Waals surface area contributed by atoms with Gasteiger partial charge in [-0.25, -0.2) is 0 Å². The van der Waals surface area contributed by atoms with Crippen LogP contribution in [0.5, 0.6) is 5.75 Å². The van der Waals surface area contributed by atoms with E-state index in [0.717, 1.165) is 44.8 Å². The molecule has 0 radical (unpaired) electrons. The van der Waals surface area contributed by atoms with Crippen LogP contribution in [0.2, 0.25) is 0 Å². The molecule has 3 heteroatoms. The molecule has 3 nitrogen and oxygen atoms in total. The smallest absolute Gasteiger partial charge is 0.126 e. The molecule has 0 aromatic heterocycles. The Morgan fingerprint density at radius 3 is 2.62 bits per heavy atom. The Labute approximate surface area is 129 Å². The van der Waals surface area contributed by atoms with E-state index in [9.17, 15) is 0 Å². The van der Waals surface area contributed by atoms with Gasteiger partial charge in [-0.05, 0) is 56.7 Å². The molecule has 2 rings (SSSR count). The number of hydrogen-bond acceptors (Lipinski definition) is 3. The summed E-state index contributed by atoms with van der Waals surface area (Å²) in [6.45, 7) is 9.30. The number of hydrogen-bond donors (Lipinski definition) is 1. The van der Waals surface area contributed by atoms with Gasteiger partial charge in [-0.3, -0.25) is 0 Å². The Morgan fingerprint density at radius 2 is 2.00 bits per heavy atom. The normalized spacial score (nSPS) is 17.7. The summed E-state index contributed by atoms with van der Waals surface area (Å²) in [6.07, 6.45) is 3.39. The first-order valence-corrected chi connectivity index (χ1v) is 8.14. The van der Waals surface area contributed by atoms with Crippen LogP contribution in [0.25, 0.3) is 0 Å². The Balaban J connectivity index is 2.33. The molecule has 0 amide bonds. The highest BCUT2D eigenvalue weighted by Crippen LogP contribution is 2.37. The first kappa shape index (κ1) is 16.3. The van der Waals surface area contributed by atoms with Crippen molar-refractivity contribution in [1.82, 2.24) is 5.32 Å². The second-order valence-electron chi connectivity index (χ2n) is 6.01. The minimum Gasteiger partial charge on any atom is -0.496 e. The summed E-state index contributed by atoms with van der Waals surface area (Å²) >= 11 is 0. The summed E-state index contributed by atoms with van der Waals surface area (Å²) in [5.74, 6) is 1.68. The summed E-state index contributed by atoms with van der Waals surface area (Å²) in [4.78, 5) is 0. The fourth-order valence-corrected chi connectivity index (χ4v) is 3.21. The number of nitrogens with one attached hydrogen (secondary N) is 1. The molecule has 1 aliphatic rings. The van der Waals surface area contributed by atoms with Crippen molar-refractivity contribution in [2.24, 2.45) is 5.92 Å². The Hall–Kier alpha value is -1.06. The molecule has 21 heavy (non-hydrogen) atoms. The minimum absolute atomic E-state index is 0.364. The zero-order chi connectivity index (χ0) is 15.2. The van der Waals surface area contributed by atoms with Gasteiger partial charge < -0.3 is 14.8 Å². The van der Waals surface area contributed by atoms with E-state index >= 15 is 0 Å². The molecule has 0 spiro atoms. The topological polar surface area (TPSA) is 30.5 Å². The third-order valence-electron chi connectivity index (χ3n) is 4.60. The quantitative estimate of drug-likeness (QED) is 0.865. The van der Waals surface area contributed by atoms with Gasteiger partial charge in [-0.15, -0.1) is 0 Å². The zero-order valence-electron chi connectivity index (χ0n) is 13.9. The second-order valence-corrected chi connectivity index (χ2v) is 6.01. The summed E-state index contributed by atoms with van der Waals surface area (Å²) < 4.78 is 11.3. The summed E-state index contributed by atoms with van der Waals surface area (Å²) in [5.41, 5.74) is 3.85. The van der Waals surface area contributed by atoms with E-state index in [1.807, 2.05) is 0 Å². The van der Waals surface area contributed by atoms with Crippen LogP contribution in [0.15, 0.2) is 12.1 Å². The highest BCUT2D eigenvalue weighted by molar-refractivity contribution is 5.47. The van der Waals surface area contributed by atoms with E-state index in [1.54, 1.807) is 7.11 Å². The molecule has 1 heterocycles. The number of ether oxygens (including phenoxy) is 2. The molecule has 1 fully saturated rings. The molecule has 1 aromatic carbocycles. The lowest BCUT2D eigenvalue weighted by atomic mass is 9.85.